The molecule has 0 aliphatic heterocycles. The van der Waals surface area contributed by atoms with E-state index in [0.29, 0.717) is 29.9 Å². The lowest BCUT2D eigenvalue weighted by Crippen LogP contribution is -2.41. The first-order chi connectivity index (χ1) is 14.1. The number of nitrogens with zero attached hydrogens (tertiary/aromatic N) is 1. The van der Waals surface area contributed by atoms with Crippen molar-refractivity contribution in [2.75, 3.05) is 14.2 Å². The highest BCUT2D eigenvalue weighted by Gasteiger charge is 2.11. The molecule has 0 spiro atoms. The number of aryl methyl sites for hydroxylation is 1. The highest BCUT2D eigenvalue weighted by atomic mass is 32.1. The smallest absolute Gasteiger partial charge is 0.269 e. The summed E-state index contributed by atoms with van der Waals surface area (Å²) >= 11 is 1.68. The number of ether oxygens (including phenoxy) is 2. The quantitative estimate of drug-likeness (QED) is 0.436. The Labute approximate surface area is 173 Å². The van der Waals surface area contributed by atoms with Gasteiger partial charge in [-0.25, -0.2) is 4.98 Å². The molecular weight excluding hydrogens is 390 g/mol. The molecule has 0 radical (unpaired) electrons. The number of carbonyl (C=O) groups excluding carboxylic acids is 2. The number of thiazole rings is 1. The zero-order chi connectivity index (χ0) is 20.6. The number of methoxy groups -OCH3 is 2. The van der Waals surface area contributed by atoms with Crippen molar-refractivity contribution < 1.29 is 19.1 Å². The first-order valence-corrected chi connectivity index (χ1v) is 10.1. The second kappa shape index (κ2) is 9.88. The summed E-state index contributed by atoms with van der Waals surface area (Å²) in [7, 11) is 3.01. The normalized spacial score (nSPS) is 10.6. The van der Waals surface area contributed by atoms with Crippen LogP contribution in [0.4, 0.5) is 0 Å². The number of hydrogen-bond donors (Lipinski definition) is 2. The number of amides is 2. The maximum absolute atomic E-state index is 12.2. The molecule has 1 heterocycles. The third kappa shape index (κ3) is 5.68. The van der Waals surface area contributed by atoms with Gasteiger partial charge in [0.1, 0.15) is 11.5 Å². The van der Waals surface area contributed by atoms with Crippen LogP contribution < -0.4 is 20.3 Å². The molecule has 152 valence electrons. The van der Waals surface area contributed by atoms with E-state index in [2.05, 4.69) is 21.9 Å². The molecule has 0 aliphatic rings. The number of rotatable bonds is 8. The molecule has 3 aromatic rings. The van der Waals surface area contributed by atoms with E-state index in [0.717, 1.165) is 23.4 Å². The summed E-state index contributed by atoms with van der Waals surface area (Å²) < 4.78 is 11.5. The molecule has 0 unspecified atom stereocenters. The van der Waals surface area contributed by atoms with Crippen LogP contribution in [0.15, 0.2) is 42.5 Å². The molecule has 0 atom stereocenters. The van der Waals surface area contributed by atoms with Gasteiger partial charge in [-0.05, 0) is 43.5 Å². The summed E-state index contributed by atoms with van der Waals surface area (Å²) in [6, 6.07) is 12.9. The van der Waals surface area contributed by atoms with Crippen LogP contribution in [0, 0.1) is 0 Å². The van der Waals surface area contributed by atoms with Crippen LogP contribution in [-0.2, 0) is 11.2 Å². The van der Waals surface area contributed by atoms with E-state index in [4.69, 9.17) is 9.47 Å². The number of hydrazine groups is 1. The molecule has 7 nitrogen and oxygen atoms in total. The van der Waals surface area contributed by atoms with Crippen molar-refractivity contribution >= 4 is 33.4 Å². The first kappa shape index (κ1) is 20.6. The summed E-state index contributed by atoms with van der Waals surface area (Å²) in [5.74, 6) is 0.314. The molecule has 0 aliphatic carbocycles. The van der Waals surface area contributed by atoms with Gasteiger partial charge in [0, 0.05) is 18.1 Å². The van der Waals surface area contributed by atoms with Gasteiger partial charge in [-0.15, -0.1) is 11.3 Å². The Hall–Kier alpha value is -3.13. The van der Waals surface area contributed by atoms with Gasteiger partial charge in [-0.2, -0.15) is 0 Å². The van der Waals surface area contributed by atoms with Crippen LogP contribution in [0.1, 0.15) is 34.6 Å². The lowest BCUT2D eigenvalue weighted by molar-refractivity contribution is -0.121. The Morgan fingerprint density at radius 3 is 2.41 bits per heavy atom. The molecule has 2 aromatic carbocycles. The van der Waals surface area contributed by atoms with Crippen molar-refractivity contribution in [2.45, 2.75) is 25.7 Å². The SMILES string of the molecule is COc1cc(OC)cc(C(=O)NNC(=O)CCCCc2nc3ccccc3s2)c1. The number of carbonyl (C=O) groups is 2. The summed E-state index contributed by atoms with van der Waals surface area (Å²) in [5, 5.41) is 1.08. The van der Waals surface area contributed by atoms with Crippen molar-refractivity contribution in [1.29, 1.82) is 0 Å². The number of unbranched alkanes of at least 4 members (excludes halogenated alkanes) is 1. The van der Waals surface area contributed by atoms with Crippen LogP contribution >= 0.6 is 11.3 Å². The van der Waals surface area contributed by atoms with Gasteiger partial charge >= 0.3 is 0 Å². The largest absolute Gasteiger partial charge is 0.497 e. The molecule has 2 amide bonds. The number of nitrogens with one attached hydrogen (secondary N) is 2. The Kier molecular flexibility index (Phi) is 7.02. The topological polar surface area (TPSA) is 89.5 Å². The van der Waals surface area contributed by atoms with Crippen LogP contribution in [0.25, 0.3) is 10.2 Å². The van der Waals surface area contributed by atoms with E-state index >= 15 is 0 Å². The van der Waals surface area contributed by atoms with Gasteiger partial charge in [-0.3, -0.25) is 20.4 Å². The Balaban J connectivity index is 1.41. The fraction of sp³-hybridized carbons (Fsp3) is 0.286. The molecular formula is C21H23N3O4S. The highest BCUT2D eigenvalue weighted by Crippen LogP contribution is 2.23. The molecule has 0 saturated heterocycles. The van der Waals surface area contributed by atoms with E-state index in [9.17, 15) is 9.59 Å². The fourth-order valence-corrected chi connectivity index (χ4v) is 3.80. The molecule has 3 rings (SSSR count). The van der Waals surface area contributed by atoms with Crippen LogP contribution in [0.3, 0.4) is 0 Å². The minimum atomic E-state index is -0.440. The molecule has 0 saturated carbocycles. The van der Waals surface area contributed by atoms with Gasteiger partial charge < -0.3 is 9.47 Å². The van der Waals surface area contributed by atoms with Crippen molar-refractivity contribution in [3.63, 3.8) is 0 Å². The lowest BCUT2D eigenvalue weighted by Gasteiger charge is -2.10. The molecule has 0 fully saturated rings. The van der Waals surface area contributed by atoms with Crippen molar-refractivity contribution in [3.8, 4) is 11.5 Å². The van der Waals surface area contributed by atoms with Crippen LogP contribution in [0.2, 0.25) is 0 Å². The number of benzene rings is 2. The average molecular weight is 413 g/mol. The standard InChI is InChI=1S/C21H23N3O4S/c1-27-15-11-14(12-16(13-15)28-2)21(26)24-23-19(25)9-5-6-10-20-22-17-7-3-4-8-18(17)29-20/h3-4,7-8,11-13H,5-6,9-10H2,1-2H3,(H,23,25)(H,24,26). The van der Waals surface area contributed by atoms with Crippen molar-refractivity contribution in [3.05, 3.63) is 53.0 Å². The zero-order valence-corrected chi connectivity index (χ0v) is 17.2. The van der Waals surface area contributed by atoms with E-state index < -0.39 is 5.91 Å². The maximum Gasteiger partial charge on any atom is 0.269 e. The molecule has 29 heavy (non-hydrogen) atoms. The van der Waals surface area contributed by atoms with E-state index in [1.54, 1.807) is 29.5 Å². The zero-order valence-electron chi connectivity index (χ0n) is 16.4. The lowest BCUT2D eigenvalue weighted by atomic mass is 10.2. The third-order valence-corrected chi connectivity index (χ3v) is 5.41. The fourth-order valence-electron chi connectivity index (χ4n) is 2.79. The Morgan fingerprint density at radius 2 is 1.72 bits per heavy atom. The number of para-hydroxylation sites is 1. The second-order valence-electron chi connectivity index (χ2n) is 6.39. The van der Waals surface area contributed by atoms with Crippen molar-refractivity contribution in [1.82, 2.24) is 15.8 Å². The van der Waals surface area contributed by atoms with Gasteiger partial charge in [0.25, 0.3) is 5.91 Å². The summed E-state index contributed by atoms with van der Waals surface area (Å²) in [6.07, 6.45) is 2.73. The third-order valence-electron chi connectivity index (χ3n) is 4.31. The van der Waals surface area contributed by atoms with Gasteiger partial charge in [0.15, 0.2) is 0 Å². The Bertz CT molecular complexity index is 947. The predicted octanol–water partition coefficient (Wildman–Crippen LogP) is 3.49. The Morgan fingerprint density at radius 1 is 1.00 bits per heavy atom. The van der Waals surface area contributed by atoms with E-state index in [-0.39, 0.29) is 5.91 Å². The first-order valence-electron chi connectivity index (χ1n) is 9.25. The van der Waals surface area contributed by atoms with Gasteiger partial charge in [0.05, 0.1) is 29.4 Å². The van der Waals surface area contributed by atoms with Crippen LogP contribution in [0.5, 0.6) is 11.5 Å². The minimum absolute atomic E-state index is 0.238. The number of aromatic nitrogens is 1. The van der Waals surface area contributed by atoms with E-state index in [1.165, 1.54) is 18.9 Å². The van der Waals surface area contributed by atoms with Gasteiger partial charge in [0.2, 0.25) is 5.91 Å². The summed E-state index contributed by atoms with van der Waals surface area (Å²) in [4.78, 5) is 28.8. The molecule has 0 bridgehead atoms. The van der Waals surface area contributed by atoms with Gasteiger partial charge in [-0.1, -0.05) is 12.1 Å². The second-order valence-corrected chi connectivity index (χ2v) is 7.50. The molecule has 2 N–H and O–H groups in total. The highest BCUT2D eigenvalue weighted by molar-refractivity contribution is 7.18. The van der Waals surface area contributed by atoms with Crippen LogP contribution in [-0.4, -0.2) is 31.0 Å². The minimum Gasteiger partial charge on any atom is -0.497 e. The predicted molar refractivity (Wildman–Crippen MR) is 112 cm³/mol. The molecule has 1 aromatic heterocycles. The van der Waals surface area contributed by atoms with Crippen molar-refractivity contribution in [2.24, 2.45) is 0 Å². The van der Waals surface area contributed by atoms with E-state index in [1.807, 2.05) is 18.2 Å². The number of hydrogen-bond acceptors (Lipinski definition) is 6. The summed E-state index contributed by atoms with van der Waals surface area (Å²) in [5.41, 5.74) is 6.21. The number of fused-ring (bicyclic) bond motifs is 1. The maximum atomic E-state index is 12.2. The molecule has 8 heteroatoms. The average Bonchev–Trinajstić information content (AvgIpc) is 3.17. The summed E-state index contributed by atoms with van der Waals surface area (Å²) in [6.45, 7) is 0. The monoisotopic (exact) mass is 413 g/mol.